The van der Waals surface area contributed by atoms with Crippen molar-refractivity contribution in [2.75, 3.05) is 6.61 Å². The molecule has 1 saturated heterocycles. The van der Waals surface area contributed by atoms with E-state index in [9.17, 15) is 29.9 Å². The van der Waals surface area contributed by atoms with Crippen molar-refractivity contribution in [3.05, 3.63) is 35.9 Å². The molecule has 11 heteroatoms. The molecule has 0 amide bonds. The summed E-state index contributed by atoms with van der Waals surface area (Å²) in [5, 5.41) is 37.8. The summed E-state index contributed by atoms with van der Waals surface area (Å²) >= 11 is 0. The van der Waals surface area contributed by atoms with E-state index in [1.54, 1.807) is 30.3 Å². The third-order valence-corrected chi connectivity index (χ3v) is 4.23. The Kier molecular flexibility index (Phi) is 8.98. The first-order chi connectivity index (χ1) is 10.8. The SMILES string of the molecule is O=P([O-])(OCc1ccccc1)OC[C@H]1OC(O)[C@@H](O)[C@@H](O)[C@@H]1O.[Na+]. The Morgan fingerprint density at radius 1 is 1.04 bits per heavy atom. The molecule has 2 rings (SSSR count). The molecule has 0 bridgehead atoms. The van der Waals surface area contributed by atoms with E-state index in [2.05, 4.69) is 9.05 Å². The molecular weight excluding hydrogens is 354 g/mol. The van der Waals surface area contributed by atoms with E-state index in [0.717, 1.165) is 0 Å². The van der Waals surface area contributed by atoms with Gasteiger partial charge < -0.3 is 39.1 Å². The molecular formula is C13H18NaO9P. The van der Waals surface area contributed by atoms with Crippen LogP contribution in [-0.4, -0.2) is 57.7 Å². The molecule has 4 N–H and O–H groups in total. The zero-order valence-corrected chi connectivity index (χ0v) is 15.9. The molecule has 6 atom stereocenters. The van der Waals surface area contributed by atoms with Gasteiger partial charge in [-0.15, -0.1) is 0 Å². The van der Waals surface area contributed by atoms with Gasteiger partial charge in [0.2, 0.25) is 0 Å². The van der Waals surface area contributed by atoms with Crippen molar-refractivity contribution in [2.45, 2.75) is 37.3 Å². The van der Waals surface area contributed by atoms with Gasteiger partial charge in [-0.05, 0) is 5.56 Å². The molecule has 24 heavy (non-hydrogen) atoms. The Hall–Kier alpha value is 0.130. The van der Waals surface area contributed by atoms with Crippen molar-refractivity contribution in [1.29, 1.82) is 0 Å². The molecule has 1 fully saturated rings. The Morgan fingerprint density at radius 2 is 1.67 bits per heavy atom. The van der Waals surface area contributed by atoms with E-state index >= 15 is 0 Å². The molecule has 0 spiro atoms. The first kappa shape index (κ1) is 22.2. The Balaban J connectivity index is 0.00000288. The molecule has 0 saturated carbocycles. The van der Waals surface area contributed by atoms with Crippen molar-refractivity contribution in [3.63, 3.8) is 0 Å². The summed E-state index contributed by atoms with van der Waals surface area (Å²) < 4.78 is 25.7. The van der Waals surface area contributed by atoms with Gasteiger partial charge in [0.25, 0.3) is 7.82 Å². The Bertz CT molecular complexity index is 546. The van der Waals surface area contributed by atoms with Crippen molar-refractivity contribution in [2.24, 2.45) is 0 Å². The standard InChI is InChI=1S/C13H19O9P.Na/c14-10-9(22-13(17)12(16)11(10)15)7-21-23(18,19)20-6-8-4-2-1-3-5-8;/h1-5,9-17H,6-7H2,(H,18,19);/q;+1/p-1/t9-,10-,11+,12+,13?;/m1./s1. The summed E-state index contributed by atoms with van der Waals surface area (Å²) in [5.41, 5.74) is 0.620. The fourth-order valence-electron chi connectivity index (χ4n) is 2.00. The van der Waals surface area contributed by atoms with E-state index in [1.165, 1.54) is 0 Å². The summed E-state index contributed by atoms with van der Waals surface area (Å²) in [5.74, 6) is 0. The normalized spacial score (nSPS) is 32.6. The quantitative estimate of drug-likeness (QED) is 0.286. The zero-order chi connectivity index (χ0) is 17.0. The number of aliphatic hydroxyl groups excluding tert-OH is 4. The van der Waals surface area contributed by atoms with Gasteiger partial charge >= 0.3 is 29.6 Å². The van der Waals surface area contributed by atoms with Crippen LogP contribution in [0.1, 0.15) is 5.56 Å². The molecule has 1 aromatic rings. The van der Waals surface area contributed by atoms with Gasteiger partial charge in [0.05, 0.1) is 13.2 Å². The van der Waals surface area contributed by atoms with Crippen molar-refractivity contribution >= 4 is 7.82 Å². The smallest absolute Gasteiger partial charge is 0.756 e. The molecule has 0 radical (unpaired) electrons. The van der Waals surface area contributed by atoms with Gasteiger partial charge in [0.1, 0.15) is 24.4 Å². The fourth-order valence-corrected chi connectivity index (χ4v) is 2.71. The van der Waals surface area contributed by atoms with Crippen molar-refractivity contribution in [1.82, 2.24) is 0 Å². The molecule has 1 aliphatic rings. The summed E-state index contributed by atoms with van der Waals surface area (Å²) in [4.78, 5) is 11.7. The minimum atomic E-state index is -4.67. The average molecular weight is 372 g/mol. The first-order valence-corrected chi connectivity index (χ1v) is 8.28. The van der Waals surface area contributed by atoms with E-state index in [-0.39, 0.29) is 36.2 Å². The second kappa shape index (κ2) is 9.72. The van der Waals surface area contributed by atoms with Gasteiger partial charge in [-0.1, -0.05) is 30.3 Å². The minimum absolute atomic E-state index is 0. The van der Waals surface area contributed by atoms with Crippen LogP contribution in [0.3, 0.4) is 0 Å². The first-order valence-electron chi connectivity index (χ1n) is 6.82. The van der Waals surface area contributed by atoms with Crippen LogP contribution in [-0.2, 0) is 25.0 Å². The van der Waals surface area contributed by atoms with Crippen LogP contribution in [0.15, 0.2) is 30.3 Å². The number of benzene rings is 1. The summed E-state index contributed by atoms with van der Waals surface area (Å²) in [6.07, 6.45) is -8.12. The molecule has 0 aliphatic carbocycles. The molecule has 1 heterocycles. The topological polar surface area (TPSA) is 149 Å². The van der Waals surface area contributed by atoms with Crippen LogP contribution in [0.5, 0.6) is 0 Å². The number of rotatable bonds is 6. The molecule has 1 aromatic carbocycles. The average Bonchev–Trinajstić information content (AvgIpc) is 2.54. The van der Waals surface area contributed by atoms with Crippen LogP contribution in [0.25, 0.3) is 0 Å². The van der Waals surface area contributed by atoms with E-state index in [1.807, 2.05) is 0 Å². The monoisotopic (exact) mass is 372 g/mol. The fraction of sp³-hybridized carbons (Fsp3) is 0.538. The predicted molar refractivity (Wildman–Crippen MR) is 73.7 cm³/mol. The second-order valence-electron chi connectivity index (χ2n) is 5.04. The van der Waals surface area contributed by atoms with E-state index in [4.69, 9.17) is 4.74 Å². The van der Waals surface area contributed by atoms with Crippen LogP contribution >= 0.6 is 7.82 Å². The van der Waals surface area contributed by atoms with Crippen LogP contribution < -0.4 is 34.5 Å². The molecule has 1 aliphatic heterocycles. The summed E-state index contributed by atoms with van der Waals surface area (Å²) in [6, 6.07) is 8.54. The number of ether oxygens (including phenoxy) is 1. The Labute approximate surface area is 160 Å². The van der Waals surface area contributed by atoms with Crippen LogP contribution in [0.4, 0.5) is 0 Å². The third kappa shape index (κ3) is 6.14. The molecule has 130 valence electrons. The van der Waals surface area contributed by atoms with Crippen molar-refractivity contribution in [3.8, 4) is 0 Å². The van der Waals surface area contributed by atoms with Crippen LogP contribution in [0.2, 0.25) is 0 Å². The van der Waals surface area contributed by atoms with Crippen LogP contribution in [0, 0.1) is 0 Å². The maximum absolute atomic E-state index is 11.7. The molecule has 0 aromatic heterocycles. The van der Waals surface area contributed by atoms with Gasteiger partial charge in [-0.2, -0.15) is 0 Å². The van der Waals surface area contributed by atoms with Gasteiger partial charge in [-0.25, -0.2) is 0 Å². The number of hydrogen-bond donors (Lipinski definition) is 4. The van der Waals surface area contributed by atoms with E-state index < -0.39 is 45.1 Å². The number of aliphatic hydroxyl groups is 4. The van der Waals surface area contributed by atoms with Gasteiger partial charge in [0.15, 0.2) is 6.29 Å². The summed E-state index contributed by atoms with van der Waals surface area (Å²) in [6.45, 7) is -0.906. The van der Waals surface area contributed by atoms with E-state index in [0.29, 0.717) is 5.56 Å². The number of phosphoric ester groups is 1. The number of hydrogen-bond acceptors (Lipinski definition) is 9. The second-order valence-corrected chi connectivity index (χ2v) is 6.45. The molecule has 9 nitrogen and oxygen atoms in total. The third-order valence-electron chi connectivity index (χ3n) is 3.32. The molecule has 2 unspecified atom stereocenters. The maximum atomic E-state index is 11.7. The number of phosphoric acid groups is 1. The zero-order valence-electron chi connectivity index (χ0n) is 13.0. The van der Waals surface area contributed by atoms with Crippen molar-refractivity contribution < 1.29 is 73.2 Å². The Morgan fingerprint density at radius 3 is 2.29 bits per heavy atom. The van der Waals surface area contributed by atoms with Gasteiger partial charge in [0, 0.05) is 0 Å². The minimum Gasteiger partial charge on any atom is -0.756 e. The predicted octanol–water partition coefficient (Wildman–Crippen LogP) is -4.51. The maximum Gasteiger partial charge on any atom is 1.00 e. The largest absolute Gasteiger partial charge is 1.00 e. The van der Waals surface area contributed by atoms with Gasteiger partial charge in [-0.3, -0.25) is 4.57 Å². The summed E-state index contributed by atoms with van der Waals surface area (Å²) in [7, 11) is -4.67.